The number of ether oxygens (including phenoxy) is 2. The van der Waals surface area contributed by atoms with Gasteiger partial charge in [-0.05, 0) is 38.1 Å². The summed E-state index contributed by atoms with van der Waals surface area (Å²) in [6.07, 6.45) is 1.62. The number of hydrogen-bond donors (Lipinski definition) is 1. The number of aliphatic hydroxyl groups is 1. The molecule has 0 amide bonds. The minimum absolute atomic E-state index is 0.425. The van der Waals surface area contributed by atoms with Crippen molar-refractivity contribution in [2.75, 3.05) is 0 Å². The quantitative estimate of drug-likeness (QED) is 0.852. The molecule has 98 valence electrons. The lowest BCUT2D eigenvalue weighted by Crippen LogP contribution is -2.58. The molecular formula is C15H15NO3. The molecule has 0 fully saturated rings. The highest BCUT2D eigenvalue weighted by atomic mass is 16.7. The maximum atomic E-state index is 10.9. The normalized spacial score (nSPS) is 23.9. The molecule has 1 aromatic heterocycles. The van der Waals surface area contributed by atoms with E-state index in [2.05, 4.69) is 4.98 Å². The highest BCUT2D eigenvalue weighted by molar-refractivity contribution is 5.43. The molecule has 19 heavy (non-hydrogen) atoms. The molecule has 0 spiro atoms. The van der Waals surface area contributed by atoms with Gasteiger partial charge in [-0.2, -0.15) is 0 Å². The summed E-state index contributed by atoms with van der Waals surface area (Å²) in [6, 6.07) is 12.6. The molecule has 1 N–H and O–H groups in total. The Balaban J connectivity index is 2.12. The van der Waals surface area contributed by atoms with Crippen molar-refractivity contribution in [1.29, 1.82) is 0 Å². The number of fused-ring (bicyclic) bond motifs is 1. The predicted octanol–water partition coefficient (Wildman–Crippen LogP) is 2.48. The van der Waals surface area contributed by atoms with Crippen molar-refractivity contribution in [3.63, 3.8) is 0 Å². The van der Waals surface area contributed by atoms with Crippen LogP contribution >= 0.6 is 0 Å². The van der Waals surface area contributed by atoms with Crippen molar-refractivity contribution in [2.24, 2.45) is 0 Å². The highest BCUT2D eigenvalue weighted by Crippen LogP contribution is 2.46. The van der Waals surface area contributed by atoms with E-state index >= 15 is 0 Å². The third-order valence-corrected chi connectivity index (χ3v) is 3.30. The predicted molar refractivity (Wildman–Crippen MR) is 69.9 cm³/mol. The van der Waals surface area contributed by atoms with E-state index in [1.54, 1.807) is 44.3 Å². The van der Waals surface area contributed by atoms with Crippen LogP contribution < -0.4 is 9.47 Å². The van der Waals surface area contributed by atoms with Gasteiger partial charge in [0.25, 0.3) is 5.79 Å². The second-order valence-electron chi connectivity index (χ2n) is 5.02. The molecule has 0 saturated heterocycles. The molecular weight excluding hydrogens is 242 g/mol. The molecule has 0 saturated carbocycles. The van der Waals surface area contributed by atoms with Gasteiger partial charge in [0.1, 0.15) is 5.69 Å². The maximum absolute atomic E-state index is 10.9. The van der Waals surface area contributed by atoms with Gasteiger partial charge >= 0.3 is 0 Å². The first-order chi connectivity index (χ1) is 9.03. The summed E-state index contributed by atoms with van der Waals surface area (Å²) in [7, 11) is 0. The molecule has 3 rings (SSSR count). The van der Waals surface area contributed by atoms with Crippen molar-refractivity contribution in [3.05, 3.63) is 54.4 Å². The Hall–Kier alpha value is -2.07. The van der Waals surface area contributed by atoms with E-state index in [0.29, 0.717) is 17.2 Å². The van der Waals surface area contributed by atoms with Crippen LogP contribution in [-0.2, 0) is 5.79 Å². The van der Waals surface area contributed by atoms with Crippen LogP contribution in [0.25, 0.3) is 0 Å². The van der Waals surface area contributed by atoms with Gasteiger partial charge in [-0.25, -0.2) is 0 Å². The molecule has 1 aromatic carbocycles. The Morgan fingerprint density at radius 3 is 2.21 bits per heavy atom. The SMILES string of the molecule is CC1(C)Oc2ccccc2OC1(O)c1ccccn1. The molecule has 4 heteroatoms. The lowest BCUT2D eigenvalue weighted by atomic mass is 9.92. The topological polar surface area (TPSA) is 51.6 Å². The number of benzene rings is 1. The first kappa shape index (κ1) is 12.0. The molecule has 1 unspecified atom stereocenters. The zero-order valence-electron chi connectivity index (χ0n) is 10.8. The summed E-state index contributed by atoms with van der Waals surface area (Å²) in [5.74, 6) is -0.495. The van der Waals surface area contributed by atoms with Gasteiger partial charge < -0.3 is 14.6 Å². The van der Waals surface area contributed by atoms with Crippen molar-refractivity contribution < 1.29 is 14.6 Å². The van der Waals surface area contributed by atoms with Crippen molar-refractivity contribution in [1.82, 2.24) is 4.98 Å². The fraction of sp³-hybridized carbons (Fsp3) is 0.267. The fourth-order valence-electron chi connectivity index (χ4n) is 2.17. The largest absolute Gasteiger partial charge is 0.477 e. The first-order valence-corrected chi connectivity index (χ1v) is 6.14. The third kappa shape index (κ3) is 1.76. The Morgan fingerprint density at radius 1 is 0.947 bits per heavy atom. The van der Waals surface area contributed by atoms with Crippen LogP contribution in [0.1, 0.15) is 19.5 Å². The average Bonchev–Trinajstić information content (AvgIpc) is 2.40. The summed E-state index contributed by atoms with van der Waals surface area (Å²) < 4.78 is 11.7. The second-order valence-corrected chi connectivity index (χ2v) is 5.02. The third-order valence-electron chi connectivity index (χ3n) is 3.30. The molecule has 2 aromatic rings. The lowest BCUT2D eigenvalue weighted by Gasteiger charge is -2.45. The van der Waals surface area contributed by atoms with Crippen LogP contribution in [0.2, 0.25) is 0 Å². The van der Waals surface area contributed by atoms with E-state index in [9.17, 15) is 5.11 Å². The monoisotopic (exact) mass is 257 g/mol. The Kier molecular flexibility index (Phi) is 2.50. The molecule has 1 atom stereocenters. The van der Waals surface area contributed by atoms with Crippen LogP contribution in [0.3, 0.4) is 0 Å². The van der Waals surface area contributed by atoms with Crippen LogP contribution in [0, 0.1) is 0 Å². The lowest BCUT2D eigenvalue weighted by molar-refractivity contribution is -0.261. The zero-order valence-corrected chi connectivity index (χ0v) is 10.8. The maximum Gasteiger partial charge on any atom is 0.291 e. The standard InChI is InChI=1S/C15H15NO3/c1-14(2)15(17,13-9-5-6-10-16-13)19-12-8-4-3-7-11(12)18-14/h3-10,17H,1-2H3. The molecule has 0 bridgehead atoms. The van der Waals surface area contributed by atoms with Gasteiger partial charge in [0.05, 0.1) is 0 Å². The van der Waals surface area contributed by atoms with Crippen LogP contribution in [0.4, 0.5) is 0 Å². The van der Waals surface area contributed by atoms with Gasteiger partial charge in [0.15, 0.2) is 17.1 Å². The van der Waals surface area contributed by atoms with E-state index < -0.39 is 11.4 Å². The van der Waals surface area contributed by atoms with Gasteiger partial charge in [-0.3, -0.25) is 4.98 Å². The highest BCUT2D eigenvalue weighted by Gasteiger charge is 2.54. The molecule has 2 heterocycles. The summed E-state index contributed by atoms with van der Waals surface area (Å²) in [5, 5.41) is 10.9. The molecule has 1 aliphatic heterocycles. The average molecular weight is 257 g/mol. The molecule has 4 nitrogen and oxygen atoms in total. The van der Waals surface area contributed by atoms with E-state index in [4.69, 9.17) is 9.47 Å². The van der Waals surface area contributed by atoms with Gasteiger partial charge in [-0.1, -0.05) is 18.2 Å². The molecule has 0 radical (unpaired) electrons. The first-order valence-electron chi connectivity index (χ1n) is 6.14. The van der Waals surface area contributed by atoms with Crippen molar-refractivity contribution >= 4 is 0 Å². The van der Waals surface area contributed by atoms with Crippen molar-refractivity contribution in [3.8, 4) is 11.5 Å². The van der Waals surface area contributed by atoms with E-state index in [1.807, 2.05) is 18.2 Å². The molecule has 1 aliphatic rings. The number of nitrogens with zero attached hydrogens (tertiary/aromatic N) is 1. The van der Waals surface area contributed by atoms with E-state index in [0.717, 1.165) is 0 Å². The number of hydrogen-bond acceptors (Lipinski definition) is 4. The summed E-state index contributed by atoms with van der Waals surface area (Å²) in [6.45, 7) is 3.55. The second kappa shape index (κ2) is 3.96. The van der Waals surface area contributed by atoms with Gasteiger partial charge in [0.2, 0.25) is 0 Å². The summed E-state index contributed by atoms with van der Waals surface area (Å²) in [4.78, 5) is 4.19. The number of aromatic nitrogens is 1. The van der Waals surface area contributed by atoms with Crippen molar-refractivity contribution in [2.45, 2.75) is 25.2 Å². The minimum Gasteiger partial charge on any atom is -0.477 e. The fourth-order valence-corrected chi connectivity index (χ4v) is 2.17. The Labute approximate surface area is 111 Å². The van der Waals surface area contributed by atoms with Gasteiger partial charge in [-0.15, -0.1) is 0 Å². The van der Waals surface area contributed by atoms with E-state index in [-0.39, 0.29) is 0 Å². The minimum atomic E-state index is -1.62. The zero-order chi connectivity index (χ0) is 13.5. The summed E-state index contributed by atoms with van der Waals surface area (Å²) >= 11 is 0. The number of para-hydroxylation sites is 2. The smallest absolute Gasteiger partial charge is 0.291 e. The van der Waals surface area contributed by atoms with Crippen LogP contribution in [0.15, 0.2) is 48.7 Å². The summed E-state index contributed by atoms with van der Waals surface area (Å²) in [5.41, 5.74) is -0.523. The Morgan fingerprint density at radius 2 is 1.58 bits per heavy atom. The Bertz CT molecular complexity index is 597. The number of rotatable bonds is 1. The molecule has 0 aliphatic carbocycles. The number of pyridine rings is 1. The van der Waals surface area contributed by atoms with Crippen LogP contribution in [0.5, 0.6) is 11.5 Å². The van der Waals surface area contributed by atoms with Gasteiger partial charge in [0, 0.05) is 6.20 Å². The van der Waals surface area contributed by atoms with E-state index in [1.165, 1.54) is 0 Å². The van der Waals surface area contributed by atoms with Crippen LogP contribution in [-0.4, -0.2) is 15.7 Å².